The van der Waals surface area contributed by atoms with Crippen LogP contribution in [0.2, 0.25) is 0 Å². The highest BCUT2D eigenvalue weighted by atomic mass is 16.5. The minimum absolute atomic E-state index is 0.122. The molecule has 0 bridgehead atoms. The van der Waals surface area contributed by atoms with Crippen LogP contribution in [0.3, 0.4) is 0 Å². The molecule has 7 nitrogen and oxygen atoms in total. The molecule has 18 heavy (non-hydrogen) atoms. The van der Waals surface area contributed by atoms with Gasteiger partial charge in [0.1, 0.15) is 17.0 Å². The maximum Gasteiger partial charge on any atom is 0.346 e. The zero-order chi connectivity index (χ0) is 12.9. The van der Waals surface area contributed by atoms with Gasteiger partial charge in [0, 0.05) is 21.9 Å². The fourth-order valence-electron chi connectivity index (χ4n) is 2.02. The van der Waals surface area contributed by atoms with Gasteiger partial charge in [-0.2, -0.15) is 0 Å². The second-order valence-corrected chi connectivity index (χ2v) is 3.68. The second-order valence-electron chi connectivity index (χ2n) is 3.68. The van der Waals surface area contributed by atoms with Crippen LogP contribution in [-0.4, -0.2) is 12.9 Å². The molecule has 1 heterocycles. The first kappa shape index (κ1) is 10.4. The van der Waals surface area contributed by atoms with Gasteiger partial charge >= 0.3 is 5.63 Å². The zero-order valence-corrected chi connectivity index (χ0v) is 9.13. The Kier molecular flexibility index (Phi) is 1.93. The van der Waals surface area contributed by atoms with Crippen molar-refractivity contribution in [2.45, 2.75) is 0 Å². The number of rotatable bonds is 2. The van der Waals surface area contributed by atoms with E-state index in [0.717, 1.165) is 0 Å². The van der Waals surface area contributed by atoms with Crippen LogP contribution in [0.15, 0.2) is 26.5 Å². The monoisotopic (exact) mass is 243 g/mol. The topological polar surface area (TPSA) is 105 Å². The molecule has 0 unspecified atom stereocenters. The third-order valence-electron chi connectivity index (χ3n) is 2.81. The van der Waals surface area contributed by atoms with Crippen molar-refractivity contribution in [2.24, 2.45) is 5.11 Å². The van der Waals surface area contributed by atoms with Gasteiger partial charge in [-0.3, -0.25) is 4.79 Å². The lowest BCUT2D eigenvalue weighted by molar-refractivity contribution is 0.103. The number of nitrogens with zero attached hydrogens (tertiary/aromatic N) is 3. The fourth-order valence-corrected chi connectivity index (χ4v) is 2.02. The maximum atomic E-state index is 11.9. The Balaban J connectivity index is 2.49. The van der Waals surface area contributed by atoms with Crippen LogP contribution in [0.5, 0.6) is 5.75 Å². The van der Waals surface area contributed by atoms with Gasteiger partial charge < -0.3 is 9.15 Å². The molecule has 0 spiro atoms. The summed E-state index contributed by atoms with van der Waals surface area (Å²) in [4.78, 5) is 26.0. The highest BCUT2D eigenvalue weighted by molar-refractivity contribution is 6.33. The van der Waals surface area contributed by atoms with Crippen LogP contribution in [0.4, 0.5) is 5.69 Å². The highest BCUT2D eigenvalue weighted by Crippen LogP contribution is 2.40. The van der Waals surface area contributed by atoms with E-state index >= 15 is 0 Å². The van der Waals surface area contributed by atoms with Gasteiger partial charge in [0.05, 0.1) is 12.7 Å². The molecule has 7 heteroatoms. The molecule has 0 saturated carbocycles. The van der Waals surface area contributed by atoms with Crippen LogP contribution in [-0.2, 0) is 0 Å². The summed E-state index contributed by atoms with van der Waals surface area (Å²) in [5, 5.41) is 3.72. The van der Waals surface area contributed by atoms with E-state index in [-0.39, 0.29) is 22.6 Å². The van der Waals surface area contributed by atoms with E-state index in [1.807, 2.05) is 0 Å². The van der Waals surface area contributed by atoms with Gasteiger partial charge in [0.25, 0.3) is 0 Å². The smallest absolute Gasteiger partial charge is 0.346 e. The van der Waals surface area contributed by atoms with Gasteiger partial charge in [-0.25, -0.2) is 4.79 Å². The normalized spacial score (nSPS) is 11.9. The molecule has 0 atom stereocenters. The van der Waals surface area contributed by atoms with Crippen LogP contribution >= 0.6 is 0 Å². The summed E-state index contributed by atoms with van der Waals surface area (Å²) in [6, 6.07) is 3.06. The van der Waals surface area contributed by atoms with Crippen LogP contribution < -0.4 is 10.4 Å². The van der Waals surface area contributed by atoms with Crippen molar-refractivity contribution in [3.8, 4) is 5.75 Å². The predicted octanol–water partition coefficient (Wildman–Crippen LogP) is 2.29. The molecule has 1 aromatic heterocycles. The quantitative estimate of drug-likeness (QED) is 0.298. The number of methoxy groups -OCH3 is 1. The Hall–Kier alpha value is -2.79. The largest absolute Gasteiger partial charge is 0.497 e. The van der Waals surface area contributed by atoms with Crippen molar-refractivity contribution in [1.29, 1.82) is 0 Å². The lowest BCUT2D eigenvalue weighted by Gasteiger charge is -2.19. The van der Waals surface area contributed by atoms with E-state index in [9.17, 15) is 9.59 Å². The Morgan fingerprint density at radius 2 is 2.17 bits per heavy atom. The molecule has 0 amide bonds. The molecule has 3 rings (SSSR count). The molecule has 0 N–H and O–H groups in total. The van der Waals surface area contributed by atoms with Crippen LogP contribution in [0.25, 0.3) is 21.4 Å². The molecule has 0 radical (unpaired) electrons. The molecular formula is C11H5N3O4. The Labute approximate surface area is 99.2 Å². The van der Waals surface area contributed by atoms with Crippen molar-refractivity contribution in [1.82, 2.24) is 0 Å². The van der Waals surface area contributed by atoms with Gasteiger partial charge in [0.15, 0.2) is 5.78 Å². The average Bonchev–Trinajstić information content (AvgIpc) is 2.37. The molecular weight excluding hydrogens is 238 g/mol. The Morgan fingerprint density at radius 1 is 1.39 bits per heavy atom. The minimum atomic E-state index is -0.831. The molecule has 1 aliphatic rings. The van der Waals surface area contributed by atoms with E-state index in [2.05, 4.69) is 10.0 Å². The predicted molar refractivity (Wildman–Crippen MR) is 61.3 cm³/mol. The average molecular weight is 243 g/mol. The SMILES string of the molecule is COc1cc2c3c(c(N=[N+]=[N-])c(=O)oc3c1)C2=O. The molecule has 0 fully saturated rings. The van der Waals surface area contributed by atoms with E-state index in [4.69, 9.17) is 14.7 Å². The summed E-state index contributed by atoms with van der Waals surface area (Å²) < 4.78 is 10.0. The number of azide groups is 1. The number of hydrogen-bond donors (Lipinski definition) is 0. The van der Waals surface area contributed by atoms with Crippen molar-refractivity contribution >= 4 is 22.4 Å². The standard InChI is InChI=1S/C11H5N3O4/c1-17-4-2-5-7-6(3-4)18-11(16)9(13-14-12)8(7)10(5)15/h2-3H,1H3. The Bertz CT molecular complexity index is 815. The highest BCUT2D eigenvalue weighted by Gasteiger charge is 2.33. The van der Waals surface area contributed by atoms with E-state index < -0.39 is 5.63 Å². The summed E-state index contributed by atoms with van der Waals surface area (Å²) in [5.74, 6) is 0.0837. The van der Waals surface area contributed by atoms with Gasteiger partial charge in [-0.15, -0.1) is 0 Å². The van der Waals surface area contributed by atoms with Crippen molar-refractivity contribution in [3.05, 3.63) is 44.1 Å². The van der Waals surface area contributed by atoms with Crippen LogP contribution in [0, 0.1) is 0 Å². The zero-order valence-electron chi connectivity index (χ0n) is 9.13. The molecule has 88 valence electrons. The third-order valence-corrected chi connectivity index (χ3v) is 2.81. The van der Waals surface area contributed by atoms with Crippen molar-refractivity contribution in [2.75, 3.05) is 7.11 Å². The first-order valence-corrected chi connectivity index (χ1v) is 4.96. The lowest BCUT2D eigenvalue weighted by atomic mass is 9.85. The number of ether oxygens (including phenoxy) is 1. The van der Waals surface area contributed by atoms with Gasteiger partial charge in [-0.1, -0.05) is 5.11 Å². The number of carbonyl (C=O) groups excluding carboxylic acids is 1. The third kappa shape index (κ3) is 1.11. The lowest BCUT2D eigenvalue weighted by Crippen LogP contribution is -2.19. The summed E-state index contributed by atoms with van der Waals surface area (Å²) >= 11 is 0. The maximum absolute atomic E-state index is 11.9. The molecule has 0 aliphatic heterocycles. The molecule has 0 saturated heterocycles. The summed E-state index contributed by atoms with van der Waals surface area (Å²) in [5.41, 5.74) is 8.03. The van der Waals surface area contributed by atoms with Crippen LogP contribution in [0.1, 0.15) is 15.9 Å². The first-order valence-electron chi connectivity index (χ1n) is 4.96. The van der Waals surface area contributed by atoms with Gasteiger partial charge in [0.2, 0.25) is 0 Å². The first-order chi connectivity index (χ1) is 8.67. The van der Waals surface area contributed by atoms with Crippen molar-refractivity contribution in [3.63, 3.8) is 0 Å². The fraction of sp³-hybridized carbons (Fsp3) is 0.0909. The number of benzene rings is 1. The molecule has 1 aromatic carbocycles. The minimum Gasteiger partial charge on any atom is -0.497 e. The molecule has 2 aromatic rings. The number of carbonyl (C=O) groups is 1. The number of ketones is 1. The summed E-state index contributed by atoms with van der Waals surface area (Å²) in [6.07, 6.45) is 0. The van der Waals surface area contributed by atoms with Gasteiger partial charge in [-0.05, 0) is 11.6 Å². The van der Waals surface area contributed by atoms with Crippen molar-refractivity contribution < 1.29 is 13.9 Å². The number of hydrogen-bond acceptors (Lipinski definition) is 5. The van der Waals surface area contributed by atoms with E-state index in [1.165, 1.54) is 13.2 Å². The van der Waals surface area contributed by atoms with E-state index in [0.29, 0.717) is 16.7 Å². The molecule has 1 aliphatic carbocycles. The summed E-state index contributed by atoms with van der Waals surface area (Å²) in [7, 11) is 1.45. The summed E-state index contributed by atoms with van der Waals surface area (Å²) in [6.45, 7) is 0. The van der Waals surface area contributed by atoms with E-state index in [1.54, 1.807) is 6.07 Å². The second kappa shape index (κ2) is 3.35. The Morgan fingerprint density at radius 3 is 2.83 bits per heavy atom.